The summed E-state index contributed by atoms with van der Waals surface area (Å²) in [5.74, 6) is 0.882. The maximum atomic E-state index is 12.3. The van der Waals surface area contributed by atoms with Crippen LogP contribution in [0.5, 0.6) is 0 Å². The van der Waals surface area contributed by atoms with Crippen molar-refractivity contribution in [2.45, 2.75) is 58.5 Å². The summed E-state index contributed by atoms with van der Waals surface area (Å²) in [4.78, 5) is 16.9. The van der Waals surface area contributed by atoms with Crippen LogP contribution in [0.4, 0.5) is 4.79 Å². The van der Waals surface area contributed by atoms with Crippen LogP contribution in [0.3, 0.4) is 0 Å². The maximum absolute atomic E-state index is 12.3. The first-order chi connectivity index (χ1) is 11.4. The van der Waals surface area contributed by atoms with Crippen molar-refractivity contribution >= 4 is 6.09 Å². The second-order valence-electron chi connectivity index (χ2n) is 9.18. The van der Waals surface area contributed by atoms with Gasteiger partial charge in [-0.3, -0.25) is 0 Å². The number of ether oxygens (including phenoxy) is 1. The largest absolute Gasteiger partial charge is 0.444 e. The third kappa shape index (κ3) is 4.63. The van der Waals surface area contributed by atoms with E-state index in [1.165, 1.54) is 52.0 Å². The summed E-state index contributed by atoms with van der Waals surface area (Å²) >= 11 is 0. The van der Waals surface area contributed by atoms with E-state index in [1.54, 1.807) is 0 Å². The fraction of sp³-hybridized carbons (Fsp3) is 0.947. The van der Waals surface area contributed by atoms with Crippen molar-refractivity contribution in [2.75, 3.05) is 45.8 Å². The summed E-state index contributed by atoms with van der Waals surface area (Å²) in [6.45, 7) is 13.7. The molecule has 0 radical (unpaired) electrons. The first kappa shape index (κ1) is 18.0. The van der Waals surface area contributed by atoms with Gasteiger partial charge in [-0.05, 0) is 77.3 Å². The van der Waals surface area contributed by atoms with Crippen LogP contribution in [0.15, 0.2) is 0 Å². The Morgan fingerprint density at radius 1 is 1.17 bits per heavy atom. The van der Waals surface area contributed by atoms with E-state index in [-0.39, 0.29) is 6.09 Å². The molecule has 3 aliphatic rings. The lowest BCUT2D eigenvalue weighted by Gasteiger charge is -2.51. The molecule has 0 aromatic carbocycles. The summed E-state index contributed by atoms with van der Waals surface area (Å²) in [6, 6.07) is 0. The molecular weight excluding hydrogens is 302 g/mol. The Kier molecular flexibility index (Phi) is 5.40. The van der Waals surface area contributed by atoms with Gasteiger partial charge in [0.2, 0.25) is 0 Å². The SMILES string of the molecule is CC(C)(C)OC(=O)N1CCCC2(CC1)CN(CC1CCNCC1)C2. The monoisotopic (exact) mass is 337 g/mol. The van der Waals surface area contributed by atoms with E-state index in [9.17, 15) is 4.79 Å². The molecule has 0 bridgehead atoms. The molecule has 0 aromatic heterocycles. The number of hydrogen-bond acceptors (Lipinski definition) is 4. The second-order valence-corrected chi connectivity index (χ2v) is 9.18. The zero-order chi connectivity index (χ0) is 17.2. The van der Waals surface area contributed by atoms with Crippen molar-refractivity contribution in [1.29, 1.82) is 0 Å². The highest BCUT2D eigenvalue weighted by Crippen LogP contribution is 2.41. The summed E-state index contributed by atoms with van der Waals surface area (Å²) < 4.78 is 5.54. The standard InChI is InChI=1S/C19H35N3O2/c1-18(2,3)24-17(23)22-11-4-7-19(8-12-22)14-21(15-19)13-16-5-9-20-10-6-16/h16,20H,4-15H2,1-3H3. The topological polar surface area (TPSA) is 44.8 Å². The van der Waals surface area contributed by atoms with E-state index >= 15 is 0 Å². The fourth-order valence-electron chi connectivity index (χ4n) is 4.54. The van der Waals surface area contributed by atoms with Crippen molar-refractivity contribution in [3.8, 4) is 0 Å². The molecule has 0 saturated carbocycles. The van der Waals surface area contributed by atoms with E-state index in [0.717, 1.165) is 31.8 Å². The average Bonchev–Trinajstić information content (AvgIpc) is 2.69. The van der Waals surface area contributed by atoms with Crippen molar-refractivity contribution in [2.24, 2.45) is 11.3 Å². The van der Waals surface area contributed by atoms with Gasteiger partial charge in [-0.1, -0.05) is 0 Å². The third-order valence-electron chi connectivity index (χ3n) is 5.79. The molecular formula is C19H35N3O2. The number of piperidine rings is 1. The average molecular weight is 338 g/mol. The van der Waals surface area contributed by atoms with Gasteiger partial charge in [0.05, 0.1) is 0 Å². The lowest BCUT2D eigenvalue weighted by molar-refractivity contribution is -0.0241. The molecule has 0 aromatic rings. The van der Waals surface area contributed by atoms with Gasteiger partial charge in [0.15, 0.2) is 0 Å². The molecule has 3 fully saturated rings. The Hall–Kier alpha value is -0.810. The Morgan fingerprint density at radius 2 is 1.88 bits per heavy atom. The van der Waals surface area contributed by atoms with Crippen LogP contribution >= 0.6 is 0 Å². The summed E-state index contributed by atoms with van der Waals surface area (Å²) in [5.41, 5.74) is 0.0624. The molecule has 3 saturated heterocycles. The van der Waals surface area contributed by atoms with Crippen molar-refractivity contribution in [3.63, 3.8) is 0 Å². The number of carbonyl (C=O) groups is 1. The summed E-state index contributed by atoms with van der Waals surface area (Å²) in [5, 5.41) is 3.45. The van der Waals surface area contributed by atoms with E-state index in [0.29, 0.717) is 5.41 Å². The number of nitrogens with zero attached hydrogens (tertiary/aromatic N) is 2. The van der Waals surface area contributed by atoms with Gasteiger partial charge in [0, 0.05) is 32.7 Å². The summed E-state index contributed by atoms with van der Waals surface area (Å²) in [6.07, 6.45) is 6.03. The normalized spacial score (nSPS) is 26.0. The summed E-state index contributed by atoms with van der Waals surface area (Å²) in [7, 11) is 0. The van der Waals surface area contributed by atoms with Gasteiger partial charge in [-0.25, -0.2) is 4.79 Å². The number of hydrogen-bond donors (Lipinski definition) is 1. The van der Waals surface area contributed by atoms with E-state index in [1.807, 2.05) is 25.7 Å². The molecule has 3 aliphatic heterocycles. The molecule has 1 N–H and O–H groups in total. The molecule has 3 heterocycles. The van der Waals surface area contributed by atoms with Gasteiger partial charge in [0.1, 0.15) is 5.60 Å². The molecule has 0 atom stereocenters. The molecule has 1 spiro atoms. The number of likely N-dealkylation sites (tertiary alicyclic amines) is 2. The highest BCUT2D eigenvalue weighted by Gasteiger charge is 2.44. The molecule has 3 rings (SSSR count). The predicted octanol–water partition coefficient (Wildman–Crippen LogP) is 2.71. The fourth-order valence-corrected chi connectivity index (χ4v) is 4.54. The van der Waals surface area contributed by atoms with E-state index in [2.05, 4.69) is 10.2 Å². The lowest BCUT2D eigenvalue weighted by atomic mass is 9.73. The number of amides is 1. The number of carbonyl (C=O) groups excluding carboxylic acids is 1. The second kappa shape index (κ2) is 7.20. The minimum atomic E-state index is -0.400. The highest BCUT2D eigenvalue weighted by atomic mass is 16.6. The molecule has 1 amide bonds. The zero-order valence-corrected chi connectivity index (χ0v) is 15.8. The number of rotatable bonds is 2. The molecule has 0 aliphatic carbocycles. The quantitative estimate of drug-likeness (QED) is 0.841. The minimum absolute atomic E-state index is 0.134. The van der Waals surface area contributed by atoms with Crippen LogP contribution in [-0.2, 0) is 4.74 Å². The molecule has 0 unspecified atom stereocenters. The maximum Gasteiger partial charge on any atom is 0.410 e. The van der Waals surface area contributed by atoms with Gasteiger partial charge < -0.3 is 19.9 Å². The van der Waals surface area contributed by atoms with Crippen LogP contribution in [0.2, 0.25) is 0 Å². The number of nitrogens with one attached hydrogen (secondary N) is 1. The van der Waals surface area contributed by atoms with Crippen molar-refractivity contribution in [1.82, 2.24) is 15.1 Å². The first-order valence-electron chi connectivity index (χ1n) is 9.76. The lowest BCUT2D eigenvalue weighted by Crippen LogP contribution is -2.58. The molecule has 24 heavy (non-hydrogen) atoms. The van der Waals surface area contributed by atoms with Gasteiger partial charge in [-0.2, -0.15) is 0 Å². The van der Waals surface area contributed by atoms with Crippen molar-refractivity contribution in [3.05, 3.63) is 0 Å². The van der Waals surface area contributed by atoms with Gasteiger partial charge in [-0.15, -0.1) is 0 Å². The Morgan fingerprint density at radius 3 is 2.54 bits per heavy atom. The predicted molar refractivity (Wildman–Crippen MR) is 96.1 cm³/mol. The van der Waals surface area contributed by atoms with Gasteiger partial charge >= 0.3 is 6.09 Å². The zero-order valence-electron chi connectivity index (χ0n) is 15.8. The Balaban J connectivity index is 1.44. The minimum Gasteiger partial charge on any atom is -0.444 e. The van der Waals surface area contributed by atoms with Crippen LogP contribution in [0.1, 0.15) is 52.9 Å². The first-order valence-corrected chi connectivity index (χ1v) is 9.76. The van der Waals surface area contributed by atoms with Crippen molar-refractivity contribution < 1.29 is 9.53 Å². The van der Waals surface area contributed by atoms with E-state index < -0.39 is 5.60 Å². The van der Waals surface area contributed by atoms with Crippen LogP contribution in [-0.4, -0.2) is 67.3 Å². The smallest absolute Gasteiger partial charge is 0.410 e. The molecule has 5 heteroatoms. The molecule has 5 nitrogen and oxygen atoms in total. The van der Waals surface area contributed by atoms with Gasteiger partial charge in [0.25, 0.3) is 0 Å². The highest BCUT2D eigenvalue weighted by molar-refractivity contribution is 5.68. The van der Waals surface area contributed by atoms with E-state index in [4.69, 9.17) is 4.74 Å². The van der Waals surface area contributed by atoms with Crippen LogP contribution in [0, 0.1) is 11.3 Å². The Bertz CT molecular complexity index is 434. The molecule has 138 valence electrons. The van der Waals surface area contributed by atoms with Crippen LogP contribution in [0.25, 0.3) is 0 Å². The van der Waals surface area contributed by atoms with Crippen LogP contribution < -0.4 is 5.32 Å². The Labute approximate surface area is 147 Å². The third-order valence-corrected chi connectivity index (χ3v) is 5.79.